The van der Waals surface area contributed by atoms with Crippen molar-refractivity contribution in [1.29, 1.82) is 0 Å². The van der Waals surface area contributed by atoms with E-state index in [4.69, 9.17) is 9.97 Å². The molecular formula is C20H25N3. The predicted octanol–water partition coefficient (Wildman–Crippen LogP) is 4.08. The quantitative estimate of drug-likeness (QED) is 0.855. The first-order chi connectivity index (χ1) is 11.4. The fraction of sp³-hybridized carbons (Fsp3) is 0.500. The zero-order valence-electron chi connectivity index (χ0n) is 13.7. The Morgan fingerprint density at radius 1 is 1.04 bits per heavy atom. The van der Waals surface area contributed by atoms with Crippen molar-refractivity contribution in [2.45, 2.75) is 57.5 Å². The molecule has 1 fully saturated rings. The maximum absolute atomic E-state index is 4.98. The highest BCUT2D eigenvalue weighted by atomic mass is 15.1. The van der Waals surface area contributed by atoms with E-state index < -0.39 is 0 Å². The molecule has 1 aromatic heterocycles. The SMILES string of the molecule is c1ccc(CN2CCc3cnc(C4CCCCC4)nc3C2)cc1. The van der Waals surface area contributed by atoms with Gasteiger partial charge in [0.1, 0.15) is 5.82 Å². The second-order valence-corrected chi connectivity index (χ2v) is 6.98. The molecule has 0 bridgehead atoms. The average molecular weight is 307 g/mol. The summed E-state index contributed by atoms with van der Waals surface area (Å²) < 4.78 is 0. The lowest BCUT2D eigenvalue weighted by Gasteiger charge is -2.29. The molecule has 1 aromatic carbocycles. The topological polar surface area (TPSA) is 29.0 Å². The van der Waals surface area contributed by atoms with E-state index in [1.807, 2.05) is 0 Å². The van der Waals surface area contributed by atoms with Gasteiger partial charge in [-0.1, -0.05) is 49.6 Å². The molecule has 3 heteroatoms. The average Bonchev–Trinajstić information content (AvgIpc) is 2.63. The van der Waals surface area contributed by atoms with Gasteiger partial charge in [-0.3, -0.25) is 4.90 Å². The number of nitrogens with zero attached hydrogens (tertiary/aromatic N) is 3. The Bertz CT molecular complexity index is 647. The zero-order valence-corrected chi connectivity index (χ0v) is 13.7. The van der Waals surface area contributed by atoms with Gasteiger partial charge in [0.2, 0.25) is 0 Å². The summed E-state index contributed by atoms with van der Waals surface area (Å²) in [5, 5.41) is 0. The molecule has 3 nitrogen and oxygen atoms in total. The Morgan fingerprint density at radius 2 is 1.87 bits per heavy atom. The third kappa shape index (κ3) is 3.45. The molecule has 0 unspecified atom stereocenters. The minimum atomic E-state index is 0.596. The molecule has 0 radical (unpaired) electrons. The highest BCUT2D eigenvalue weighted by molar-refractivity contribution is 5.22. The minimum absolute atomic E-state index is 0.596. The van der Waals surface area contributed by atoms with Crippen LogP contribution in [-0.4, -0.2) is 21.4 Å². The highest BCUT2D eigenvalue weighted by Crippen LogP contribution is 2.31. The third-order valence-electron chi connectivity index (χ3n) is 5.26. The second-order valence-electron chi connectivity index (χ2n) is 6.98. The van der Waals surface area contributed by atoms with E-state index in [1.54, 1.807) is 0 Å². The molecular weight excluding hydrogens is 282 g/mol. The molecule has 2 aliphatic rings. The van der Waals surface area contributed by atoms with Gasteiger partial charge in [-0.2, -0.15) is 0 Å². The normalized spacial score (nSPS) is 19.5. The van der Waals surface area contributed by atoms with Gasteiger partial charge in [-0.15, -0.1) is 0 Å². The summed E-state index contributed by atoms with van der Waals surface area (Å²) in [5.41, 5.74) is 4.01. The van der Waals surface area contributed by atoms with E-state index in [-0.39, 0.29) is 0 Å². The van der Waals surface area contributed by atoms with E-state index in [0.29, 0.717) is 5.92 Å². The number of fused-ring (bicyclic) bond motifs is 1. The van der Waals surface area contributed by atoms with Gasteiger partial charge in [0.15, 0.2) is 0 Å². The molecule has 120 valence electrons. The van der Waals surface area contributed by atoms with E-state index in [2.05, 4.69) is 41.4 Å². The van der Waals surface area contributed by atoms with Crippen molar-refractivity contribution in [3.63, 3.8) is 0 Å². The Hall–Kier alpha value is -1.74. The van der Waals surface area contributed by atoms with Gasteiger partial charge >= 0.3 is 0 Å². The molecule has 1 aliphatic heterocycles. The van der Waals surface area contributed by atoms with Crippen LogP contribution < -0.4 is 0 Å². The van der Waals surface area contributed by atoms with E-state index in [9.17, 15) is 0 Å². The number of benzene rings is 1. The van der Waals surface area contributed by atoms with Crippen LogP contribution in [0.2, 0.25) is 0 Å². The molecule has 0 saturated heterocycles. The van der Waals surface area contributed by atoms with Gasteiger partial charge in [0, 0.05) is 31.7 Å². The summed E-state index contributed by atoms with van der Waals surface area (Å²) in [4.78, 5) is 12.2. The van der Waals surface area contributed by atoms with E-state index in [1.165, 1.54) is 48.9 Å². The molecule has 0 atom stereocenters. The fourth-order valence-electron chi connectivity index (χ4n) is 3.91. The number of hydrogen-bond donors (Lipinski definition) is 0. The lowest BCUT2D eigenvalue weighted by Crippen LogP contribution is -2.31. The van der Waals surface area contributed by atoms with Gasteiger partial charge in [0.25, 0.3) is 0 Å². The van der Waals surface area contributed by atoms with Crippen LogP contribution in [0.3, 0.4) is 0 Å². The molecule has 4 rings (SSSR count). The fourth-order valence-corrected chi connectivity index (χ4v) is 3.91. The molecule has 0 amide bonds. The summed E-state index contributed by atoms with van der Waals surface area (Å²) in [7, 11) is 0. The number of rotatable bonds is 3. The van der Waals surface area contributed by atoms with Gasteiger partial charge in [0.05, 0.1) is 5.69 Å². The van der Waals surface area contributed by atoms with Crippen LogP contribution in [0, 0.1) is 0 Å². The largest absolute Gasteiger partial charge is 0.293 e. The van der Waals surface area contributed by atoms with Crippen molar-refractivity contribution in [3.8, 4) is 0 Å². The van der Waals surface area contributed by atoms with E-state index >= 15 is 0 Å². The first-order valence-corrected chi connectivity index (χ1v) is 8.99. The summed E-state index contributed by atoms with van der Waals surface area (Å²) in [6.07, 6.45) is 9.78. The van der Waals surface area contributed by atoms with Crippen LogP contribution in [0.4, 0.5) is 0 Å². The second kappa shape index (κ2) is 6.79. The van der Waals surface area contributed by atoms with Gasteiger partial charge < -0.3 is 0 Å². The maximum Gasteiger partial charge on any atom is 0.131 e. The summed E-state index contributed by atoms with van der Waals surface area (Å²) >= 11 is 0. The summed E-state index contributed by atoms with van der Waals surface area (Å²) in [6, 6.07) is 10.7. The molecule has 0 N–H and O–H groups in total. The Morgan fingerprint density at radius 3 is 2.70 bits per heavy atom. The first kappa shape index (κ1) is 14.8. The smallest absolute Gasteiger partial charge is 0.131 e. The number of hydrogen-bond acceptors (Lipinski definition) is 3. The first-order valence-electron chi connectivity index (χ1n) is 8.99. The zero-order chi connectivity index (χ0) is 15.5. The summed E-state index contributed by atoms with van der Waals surface area (Å²) in [6.45, 7) is 3.09. The maximum atomic E-state index is 4.98. The molecule has 0 spiro atoms. The van der Waals surface area contributed by atoms with Crippen LogP contribution in [0.1, 0.15) is 60.7 Å². The molecule has 1 saturated carbocycles. The lowest BCUT2D eigenvalue weighted by atomic mass is 9.88. The van der Waals surface area contributed by atoms with Crippen LogP contribution in [0.5, 0.6) is 0 Å². The highest BCUT2D eigenvalue weighted by Gasteiger charge is 2.22. The molecule has 2 aromatic rings. The van der Waals surface area contributed by atoms with Crippen molar-refractivity contribution in [2.24, 2.45) is 0 Å². The standard InChI is InChI=1S/C20H25N3/c1-3-7-16(8-4-1)14-23-12-11-18-13-21-20(22-19(18)15-23)17-9-5-2-6-10-17/h1,3-4,7-8,13,17H,2,5-6,9-12,14-15H2. The van der Waals surface area contributed by atoms with Crippen molar-refractivity contribution in [1.82, 2.24) is 14.9 Å². The monoisotopic (exact) mass is 307 g/mol. The van der Waals surface area contributed by atoms with E-state index in [0.717, 1.165) is 31.9 Å². The van der Waals surface area contributed by atoms with Crippen LogP contribution in [0.15, 0.2) is 36.5 Å². The van der Waals surface area contributed by atoms with Gasteiger partial charge in [-0.25, -0.2) is 9.97 Å². The predicted molar refractivity (Wildman–Crippen MR) is 92.1 cm³/mol. The van der Waals surface area contributed by atoms with Crippen molar-refractivity contribution >= 4 is 0 Å². The Balaban J connectivity index is 1.49. The Kier molecular flexibility index (Phi) is 4.38. The van der Waals surface area contributed by atoms with Crippen LogP contribution >= 0.6 is 0 Å². The summed E-state index contributed by atoms with van der Waals surface area (Å²) in [5.74, 6) is 1.70. The Labute approximate surface area is 138 Å². The van der Waals surface area contributed by atoms with Crippen molar-refractivity contribution < 1.29 is 0 Å². The minimum Gasteiger partial charge on any atom is -0.293 e. The van der Waals surface area contributed by atoms with Crippen molar-refractivity contribution in [3.05, 3.63) is 59.2 Å². The van der Waals surface area contributed by atoms with Crippen LogP contribution in [0.25, 0.3) is 0 Å². The number of aromatic nitrogens is 2. The van der Waals surface area contributed by atoms with Gasteiger partial charge in [-0.05, 0) is 30.4 Å². The molecule has 1 aliphatic carbocycles. The van der Waals surface area contributed by atoms with Crippen molar-refractivity contribution in [2.75, 3.05) is 6.54 Å². The molecule has 23 heavy (non-hydrogen) atoms. The van der Waals surface area contributed by atoms with Crippen LogP contribution in [-0.2, 0) is 19.5 Å². The lowest BCUT2D eigenvalue weighted by molar-refractivity contribution is 0.240. The molecule has 2 heterocycles. The third-order valence-corrected chi connectivity index (χ3v) is 5.26.